The molecule has 6 nitrogen and oxygen atoms in total. The lowest BCUT2D eigenvalue weighted by Crippen LogP contribution is -2.46. The Morgan fingerprint density at radius 3 is 1.17 bits per heavy atom. The Balaban J connectivity index is 0.927. The Kier molecular flexibility index (Phi) is 7.35. The lowest BCUT2D eigenvalue weighted by molar-refractivity contribution is -0.122. The topological polar surface area (TPSA) is 64.7 Å². The fourth-order valence-electron chi connectivity index (χ4n) is 7.27. The quantitative estimate of drug-likeness (QED) is 0.157. The highest BCUT2D eigenvalue weighted by Gasteiger charge is 2.23. The van der Waals surface area contributed by atoms with Gasteiger partial charge in [-0.15, -0.1) is 0 Å². The van der Waals surface area contributed by atoms with Crippen molar-refractivity contribution in [3.05, 3.63) is 109 Å². The number of amides is 2. The Bertz CT molecular complexity index is 2280. The molecule has 2 atom stereocenters. The second-order valence-corrected chi connectivity index (χ2v) is 13.2. The van der Waals surface area contributed by atoms with Gasteiger partial charge in [0.25, 0.3) is 0 Å². The summed E-state index contributed by atoms with van der Waals surface area (Å²) in [6.07, 6.45) is 0. The summed E-state index contributed by atoms with van der Waals surface area (Å²) in [5.74, 6) is -0.120. The van der Waals surface area contributed by atoms with Crippen LogP contribution >= 0.6 is 0 Å². The summed E-state index contributed by atoms with van der Waals surface area (Å²) >= 11 is 0. The molecule has 48 heavy (non-hydrogen) atoms. The Labute approximate surface area is 279 Å². The molecule has 0 unspecified atom stereocenters. The maximum atomic E-state index is 13.5. The number of likely N-dealkylation sites (N-methyl/N-ethyl adjacent to an activating group) is 2. The van der Waals surface area contributed by atoms with Crippen LogP contribution in [-0.4, -0.2) is 60.9 Å². The van der Waals surface area contributed by atoms with E-state index in [4.69, 9.17) is 0 Å². The molecule has 0 spiro atoms. The highest BCUT2D eigenvalue weighted by Crippen LogP contribution is 2.39. The molecule has 8 rings (SSSR count). The Hall–Kier alpha value is -5.30. The second kappa shape index (κ2) is 11.7. The van der Waals surface area contributed by atoms with Crippen molar-refractivity contribution in [3.63, 3.8) is 0 Å². The van der Waals surface area contributed by atoms with Crippen molar-refractivity contribution < 1.29 is 9.59 Å². The Morgan fingerprint density at radius 1 is 0.479 bits per heavy atom. The maximum Gasteiger partial charge on any atom is 0.241 e. The van der Waals surface area contributed by atoms with Gasteiger partial charge < -0.3 is 10.6 Å². The van der Waals surface area contributed by atoms with Crippen molar-refractivity contribution in [2.45, 2.75) is 25.9 Å². The predicted octanol–water partition coefficient (Wildman–Crippen LogP) is 8.70. The molecule has 8 aromatic carbocycles. The predicted molar refractivity (Wildman–Crippen MR) is 202 cm³/mol. The number of carbonyl (C=O) groups is 2. The summed E-state index contributed by atoms with van der Waals surface area (Å²) < 4.78 is 0. The van der Waals surface area contributed by atoms with Crippen molar-refractivity contribution in [2.24, 2.45) is 0 Å². The van der Waals surface area contributed by atoms with Crippen LogP contribution in [0.5, 0.6) is 0 Å². The fourth-order valence-corrected chi connectivity index (χ4v) is 7.27. The first-order chi connectivity index (χ1) is 23.3. The SMILES string of the molecule is C[C@@H](C(=O)Nc1ccc2ccc3cccc4ccc1c2c34)N(C)CCN(C)[C@@H](C)C(=O)Nc1ccc2ccc3cccc4ccc1c2c34. The lowest BCUT2D eigenvalue weighted by atomic mass is 9.93. The molecule has 2 amide bonds. The average molecular weight is 631 g/mol. The van der Waals surface area contributed by atoms with Gasteiger partial charge in [-0.25, -0.2) is 0 Å². The van der Waals surface area contributed by atoms with Gasteiger partial charge in [-0.1, -0.05) is 97.1 Å². The molecule has 238 valence electrons. The zero-order chi connectivity index (χ0) is 33.1. The number of anilines is 2. The molecule has 2 N–H and O–H groups in total. The summed E-state index contributed by atoms with van der Waals surface area (Å²) in [6, 6.07) is 37.3. The van der Waals surface area contributed by atoms with E-state index in [-0.39, 0.29) is 23.9 Å². The zero-order valence-corrected chi connectivity index (χ0v) is 27.7. The van der Waals surface area contributed by atoms with Crippen molar-refractivity contribution in [3.8, 4) is 0 Å². The van der Waals surface area contributed by atoms with E-state index in [9.17, 15) is 9.59 Å². The molecular formula is C42H38N4O2. The van der Waals surface area contributed by atoms with Crippen molar-refractivity contribution in [1.29, 1.82) is 0 Å². The van der Waals surface area contributed by atoms with Gasteiger partial charge in [0.05, 0.1) is 12.1 Å². The minimum Gasteiger partial charge on any atom is -0.324 e. The van der Waals surface area contributed by atoms with Gasteiger partial charge in [-0.3, -0.25) is 19.4 Å². The molecule has 0 aliphatic carbocycles. The minimum atomic E-state index is -0.363. The van der Waals surface area contributed by atoms with Crippen LogP contribution in [0.15, 0.2) is 109 Å². The molecule has 0 saturated heterocycles. The molecule has 0 aliphatic rings. The lowest BCUT2D eigenvalue weighted by Gasteiger charge is -2.29. The first-order valence-corrected chi connectivity index (χ1v) is 16.6. The first-order valence-electron chi connectivity index (χ1n) is 16.6. The highest BCUT2D eigenvalue weighted by atomic mass is 16.2. The van der Waals surface area contributed by atoms with Crippen LogP contribution in [0.4, 0.5) is 11.4 Å². The summed E-state index contributed by atoms with van der Waals surface area (Å²) in [5, 5.41) is 20.5. The van der Waals surface area contributed by atoms with Crippen molar-refractivity contribution in [2.75, 3.05) is 37.8 Å². The van der Waals surface area contributed by atoms with E-state index in [2.05, 4.69) is 108 Å². The van der Waals surface area contributed by atoms with Crippen LogP contribution in [0.25, 0.3) is 64.6 Å². The molecule has 0 fully saturated rings. The van der Waals surface area contributed by atoms with E-state index in [0.717, 1.165) is 32.9 Å². The molecule has 8 aromatic rings. The van der Waals surface area contributed by atoms with E-state index in [1.807, 2.05) is 49.9 Å². The number of hydrogen-bond acceptors (Lipinski definition) is 4. The van der Waals surface area contributed by atoms with E-state index in [1.54, 1.807) is 0 Å². The van der Waals surface area contributed by atoms with E-state index in [0.29, 0.717) is 13.1 Å². The van der Waals surface area contributed by atoms with Crippen LogP contribution in [0, 0.1) is 0 Å². The molecule has 0 heterocycles. The van der Waals surface area contributed by atoms with Crippen LogP contribution in [-0.2, 0) is 9.59 Å². The number of benzene rings is 8. The summed E-state index contributed by atoms with van der Waals surface area (Å²) in [4.78, 5) is 31.1. The van der Waals surface area contributed by atoms with Crippen LogP contribution in [0.3, 0.4) is 0 Å². The van der Waals surface area contributed by atoms with Crippen molar-refractivity contribution >= 4 is 87.8 Å². The van der Waals surface area contributed by atoms with E-state index in [1.165, 1.54) is 43.1 Å². The van der Waals surface area contributed by atoms with Crippen LogP contribution in [0.1, 0.15) is 13.8 Å². The third kappa shape index (κ3) is 4.96. The molecule has 0 aliphatic heterocycles. The van der Waals surface area contributed by atoms with Gasteiger partial charge in [0.15, 0.2) is 0 Å². The van der Waals surface area contributed by atoms with Gasteiger partial charge in [0.1, 0.15) is 0 Å². The Morgan fingerprint density at radius 2 is 0.792 bits per heavy atom. The number of hydrogen-bond donors (Lipinski definition) is 2. The summed E-state index contributed by atoms with van der Waals surface area (Å²) in [6.45, 7) is 5.10. The fraction of sp³-hybridized carbons (Fsp3) is 0.190. The maximum absolute atomic E-state index is 13.5. The van der Waals surface area contributed by atoms with Gasteiger partial charge in [-0.05, 0) is 93.9 Å². The average Bonchev–Trinajstić information content (AvgIpc) is 3.12. The van der Waals surface area contributed by atoms with E-state index < -0.39 is 0 Å². The number of nitrogens with zero attached hydrogens (tertiary/aromatic N) is 2. The second-order valence-electron chi connectivity index (χ2n) is 13.2. The summed E-state index contributed by atoms with van der Waals surface area (Å²) in [5.41, 5.74) is 1.64. The summed E-state index contributed by atoms with van der Waals surface area (Å²) in [7, 11) is 3.91. The molecule has 0 aromatic heterocycles. The standard InChI is InChI=1S/C42H38N4O2/c1-25(41(47)43-35-21-17-31-13-11-27-7-5-9-29-15-19-33(35)39(31)37(27)29)45(3)23-24-46(4)26(2)42(48)44-36-22-18-32-14-12-28-8-6-10-30-16-20-34(36)40(32)38(28)30/h5-22,25-26H,23-24H2,1-4H3,(H,43,47)(H,44,48)/t25-,26-/m0/s1. The van der Waals surface area contributed by atoms with Gasteiger partial charge in [0, 0.05) is 35.2 Å². The minimum absolute atomic E-state index is 0.0602. The molecule has 6 heteroatoms. The van der Waals surface area contributed by atoms with Gasteiger partial charge in [-0.2, -0.15) is 0 Å². The smallest absolute Gasteiger partial charge is 0.241 e. The van der Waals surface area contributed by atoms with Crippen LogP contribution in [0.2, 0.25) is 0 Å². The van der Waals surface area contributed by atoms with Gasteiger partial charge in [0.2, 0.25) is 11.8 Å². The monoisotopic (exact) mass is 630 g/mol. The number of nitrogens with one attached hydrogen (secondary N) is 2. The third-order valence-corrected chi connectivity index (χ3v) is 10.5. The molecular weight excluding hydrogens is 592 g/mol. The van der Waals surface area contributed by atoms with Gasteiger partial charge >= 0.3 is 0 Å². The number of rotatable bonds is 9. The zero-order valence-electron chi connectivity index (χ0n) is 27.7. The molecule has 0 bridgehead atoms. The highest BCUT2D eigenvalue weighted by molar-refractivity contribution is 6.27. The van der Waals surface area contributed by atoms with E-state index >= 15 is 0 Å². The molecule has 0 saturated carbocycles. The van der Waals surface area contributed by atoms with Crippen molar-refractivity contribution in [1.82, 2.24) is 9.80 Å². The van der Waals surface area contributed by atoms with Crippen LogP contribution < -0.4 is 10.6 Å². The third-order valence-electron chi connectivity index (χ3n) is 10.5. The molecule has 0 radical (unpaired) electrons. The first kappa shape index (κ1) is 30.1. The normalized spacial score (nSPS) is 13.5. The largest absolute Gasteiger partial charge is 0.324 e. The number of carbonyl (C=O) groups excluding carboxylic acids is 2.